The van der Waals surface area contributed by atoms with E-state index in [9.17, 15) is 4.79 Å². The molecule has 0 saturated heterocycles. The van der Waals surface area contributed by atoms with Gasteiger partial charge in [0.2, 0.25) is 0 Å². The summed E-state index contributed by atoms with van der Waals surface area (Å²) in [7, 11) is 1.54. The largest absolute Gasteiger partial charge is 0.497 e. The summed E-state index contributed by atoms with van der Waals surface area (Å²) in [4.78, 5) is 11.1. The molecule has 0 aliphatic heterocycles. The molecule has 0 saturated carbocycles. The second kappa shape index (κ2) is 6.86. The molecule has 5 nitrogen and oxygen atoms in total. The van der Waals surface area contributed by atoms with Gasteiger partial charge in [-0.05, 0) is 24.5 Å². The van der Waals surface area contributed by atoms with E-state index >= 15 is 0 Å². The van der Waals surface area contributed by atoms with Crippen LogP contribution >= 0.6 is 0 Å². The number of carboxylic acids is 1. The average Bonchev–Trinajstić information content (AvgIpc) is 2.36. The zero-order valence-corrected chi connectivity index (χ0v) is 10.6. The maximum absolute atomic E-state index is 11.1. The summed E-state index contributed by atoms with van der Waals surface area (Å²) in [6.45, 7) is 2.73. The van der Waals surface area contributed by atoms with Crippen LogP contribution in [0.3, 0.4) is 0 Å². The lowest BCUT2D eigenvalue weighted by Crippen LogP contribution is -2.14. The number of aliphatic hydroxyl groups is 1. The van der Waals surface area contributed by atoms with Crippen molar-refractivity contribution in [2.24, 2.45) is 5.92 Å². The Labute approximate surface area is 106 Å². The molecule has 5 heteroatoms. The first-order chi connectivity index (χ1) is 8.58. The number of hydrogen-bond donors (Lipinski definition) is 3. The van der Waals surface area contributed by atoms with E-state index < -0.39 is 5.97 Å². The highest BCUT2D eigenvalue weighted by atomic mass is 16.5. The van der Waals surface area contributed by atoms with Crippen LogP contribution in [0, 0.1) is 5.92 Å². The maximum Gasteiger partial charge on any atom is 0.337 e. The van der Waals surface area contributed by atoms with Gasteiger partial charge in [-0.15, -0.1) is 0 Å². The number of aromatic carboxylic acids is 1. The first-order valence-electron chi connectivity index (χ1n) is 5.84. The van der Waals surface area contributed by atoms with Gasteiger partial charge in [-0.3, -0.25) is 0 Å². The molecule has 1 aromatic carbocycles. The Morgan fingerprint density at radius 1 is 1.50 bits per heavy atom. The van der Waals surface area contributed by atoms with Gasteiger partial charge >= 0.3 is 5.97 Å². The van der Waals surface area contributed by atoms with Crippen LogP contribution in [0.4, 0.5) is 5.69 Å². The minimum Gasteiger partial charge on any atom is -0.497 e. The fraction of sp³-hybridized carbons (Fsp3) is 0.462. The topological polar surface area (TPSA) is 78.8 Å². The summed E-state index contributed by atoms with van der Waals surface area (Å²) >= 11 is 0. The molecule has 0 bridgehead atoms. The van der Waals surface area contributed by atoms with Crippen LogP contribution in [-0.2, 0) is 0 Å². The quantitative estimate of drug-likeness (QED) is 0.691. The maximum atomic E-state index is 11.1. The number of benzene rings is 1. The molecule has 1 aromatic rings. The monoisotopic (exact) mass is 253 g/mol. The molecule has 0 spiro atoms. The molecule has 3 N–H and O–H groups in total. The van der Waals surface area contributed by atoms with E-state index in [1.807, 2.05) is 6.92 Å². The highest BCUT2D eigenvalue weighted by Gasteiger charge is 2.11. The Bertz CT molecular complexity index is 406. The minimum atomic E-state index is -0.977. The van der Waals surface area contributed by atoms with Gasteiger partial charge in [-0.1, -0.05) is 6.92 Å². The standard InChI is InChI=1S/C13H19NO4/c1-9(5-6-15)8-14-12-7-10(18-2)3-4-11(12)13(16)17/h3-4,7,9,14-15H,5-6,8H2,1-2H3,(H,16,17). The molecule has 1 rings (SSSR count). The zero-order chi connectivity index (χ0) is 13.5. The van der Waals surface area contributed by atoms with E-state index in [1.54, 1.807) is 12.1 Å². The molecule has 100 valence electrons. The van der Waals surface area contributed by atoms with Crippen molar-refractivity contribution in [3.05, 3.63) is 23.8 Å². The van der Waals surface area contributed by atoms with Crippen LogP contribution in [0.15, 0.2) is 18.2 Å². The summed E-state index contributed by atoms with van der Waals surface area (Å²) in [6.07, 6.45) is 0.680. The fourth-order valence-corrected chi connectivity index (χ4v) is 1.59. The van der Waals surface area contributed by atoms with E-state index in [4.69, 9.17) is 14.9 Å². The third kappa shape index (κ3) is 3.92. The lowest BCUT2D eigenvalue weighted by Gasteiger charge is -2.15. The van der Waals surface area contributed by atoms with Gasteiger partial charge in [0.15, 0.2) is 0 Å². The van der Waals surface area contributed by atoms with Gasteiger partial charge in [-0.2, -0.15) is 0 Å². The Balaban J connectivity index is 2.80. The van der Waals surface area contributed by atoms with Crippen LogP contribution in [0.2, 0.25) is 0 Å². The number of methoxy groups -OCH3 is 1. The molecule has 0 radical (unpaired) electrons. The van der Waals surface area contributed by atoms with E-state index in [0.717, 1.165) is 0 Å². The molecule has 18 heavy (non-hydrogen) atoms. The van der Waals surface area contributed by atoms with E-state index in [1.165, 1.54) is 13.2 Å². The van der Waals surface area contributed by atoms with Crippen LogP contribution in [0.5, 0.6) is 5.75 Å². The molecular formula is C13H19NO4. The number of rotatable bonds is 7. The molecule has 1 unspecified atom stereocenters. The number of carboxylic acid groups (broad SMARTS) is 1. The van der Waals surface area contributed by atoms with Crippen LogP contribution in [0.25, 0.3) is 0 Å². The molecule has 0 aliphatic rings. The van der Waals surface area contributed by atoms with Crippen LogP contribution in [0.1, 0.15) is 23.7 Å². The van der Waals surface area contributed by atoms with Crippen molar-refractivity contribution in [1.82, 2.24) is 0 Å². The summed E-state index contributed by atoms with van der Waals surface area (Å²) < 4.78 is 5.07. The Morgan fingerprint density at radius 2 is 2.22 bits per heavy atom. The van der Waals surface area contributed by atoms with Crippen LogP contribution in [-0.4, -0.2) is 36.4 Å². The summed E-state index contributed by atoms with van der Waals surface area (Å²) in [5.74, 6) is -0.102. The molecule has 0 aliphatic carbocycles. The lowest BCUT2D eigenvalue weighted by molar-refractivity contribution is 0.0698. The second-order valence-electron chi connectivity index (χ2n) is 4.22. The second-order valence-corrected chi connectivity index (χ2v) is 4.22. The van der Waals surface area contributed by atoms with Crippen molar-refractivity contribution >= 4 is 11.7 Å². The summed E-state index contributed by atoms with van der Waals surface area (Å²) in [6, 6.07) is 4.79. The SMILES string of the molecule is COc1ccc(C(=O)O)c(NCC(C)CCO)c1. The van der Waals surface area contributed by atoms with E-state index in [0.29, 0.717) is 24.4 Å². The predicted molar refractivity (Wildman–Crippen MR) is 69.3 cm³/mol. The number of ether oxygens (including phenoxy) is 1. The van der Waals surface area contributed by atoms with Crippen molar-refractivity contribution in [3.63, 3.8) is 0 Å². The normalized spacial score (nSPS) is 11.9. The van der Waals surface area contributed by atoms with Gasteiger partial charge in [0.05, 0.1) is 18.4 Å². The van der Waals surface area contributed by atoms with E-state index in [2.05, 4.69) is 5.32 Å². The number of carbonyl (C=O) groups is 1. The molecule has 1 atom stereocenters. The third-order valence-corrected chi connectivity index (χ3v) is 2.72. The zero-order valence-electron chi connectivity index (χ0n) is 10.6. The Morgan fingerprint density at radius 3 is 2.78 bits per heavy atom. The van der Waals surface area contributed by atoms with Gasteiger partial charge in [0.25, 0.3) is 0 Å². The Hall–Kier alpha value is -1.75. The highest BCUT2D eigenvalue weighted by molar-refractivity contribution is 5.94. The molecule has 0 fully saturated rings. The van der Waals surface area contributed by atoms with Gasteiger partial charge in [-0.25, -0.2) is 4.79 Å². The Kier molecular flexibility index (Phi) is 5.45. The third-order valence-electron chi connectivity index (χ3n) is 2.72. The van der Waals surface area contributed by atoms with E-state index in [-0.39, 0.29) is 18.1 Å². The lowest BCUT2D eigenvalue weighted by atomic mass is 10.1. The number of hydrogen-bond acceptors (Lipinski definition) is 4. The van der Waals surface area contributed by atoms with Crippen molar-refractivity contribution in [2.75, 3.05) is 25.6 Å². The molecule has 0 heterocycles. The smallest absolute Gasteiger partial charge is 0.337 e. The van der Waals surface area contributed by atoms with Crippen molar-refractivity contribution in [2.45, 2.75) is 13.3 Å². The fourth-order valence-electron chi connectivity index (χ4n) is 1.59. The van der Waals surface area contributed by atoms with Gasteiger partial charge in [0, 0.05) is 19.2 Å². The molecular weight excluding hydrogens is 234 g/mol. The van der Waals surface area contributed by atoms with Gasteiger partial charge < -0.3 is 20.3 Å². The van der Waals surface area contributed by atoms with Crippen molar-refractivity contribution in [3.8, 4) is 5.75 Å². The first kappa shape index (κ1) is 14.3. The van der Waals surface area contributed by atoms with Crippen molar-refractivity contribution in [1.29, 1.82) is 0 Å². The highest BCUT2D eigenvalue weighted by Crippen LogP contribution is 2.23. The van der Waals surface area contributed by atoms with Crippen LogP contribution < -0.4 is 10.1 Å². The number of nitrogens with one attached hydrogen (secondary N) is 1. The molecule has 0 aromatic heterocycles. The number of anilines is 1. The summed E-state index contributed by atoms with van der Waals surface area (Å²) in [5.41, 5.74) is 0.749. The first-order valence-corrected chi connectivity index (χ1v) is 5.84. The molecule has 0 amide bonds. The number of aliphatic hydroxyl groups excluding tert-OH is 1. The average molecular weight is 253 g/mol. The predicted octanol–water partition coefficient (Wildman–Crippen LogP) is 1.82. The minimum absolute atomic E-state index is 0.132. The van der Waals surface area contributed by atoms with Crippen molar-refractivity contribution < 1.29 is 19.7 Å². The van der Waals surface area contributed by atoms with Gasteiger partial charge in [0.1, 0.15) is 5.75 Å². The summed E-state index contributed by atoms with van der Waals surface area (Å²) in [5, 5.41) is 21.0.